The lowest BCUT2D eigenvalue weighted by Crippen LogP contribution is -2.19. The molecule has 0 bridgehead atoms. The molecule has 0 saturated heterocycles. The Bertz CT molecular complexity index is 418. The molecule has 0 aliphatic carbocycles. The van der Waals surface area contributed by atoms with Crippen molar-refractivity contribution < 1.29 is 14.3 Å². The number of rotatable bonds is 4. The van der Waals surface area contributed by atoms with E-state index in [2.05, 4.69) is 15.3 Å². The van der Waals surface area contributed by atoms with Crippen molar-refractivity contribution in [2.24, 2.45) is 5.10 Å². The topological polar surface area (TPSA) is 59.9 Å². The summed E-state index contributed by atoms with van der Waals surface area (Å²) in [6, 6.07) is 7.70. The van der Waals surface area contributed by atoms with Gasteiger partial charge in [-0.05, 0) is 24.0 Å². The van der Waals surface area contributed by atoms with Crippen LogP contribution in [0.25, 0.3) is 0 Å². The summed E-state index contributed by atoms with van der Waals surface area (Å²) in [7, 11) is 2.93. The molecule has 0 fully saturated rings. The van der Waals surface area contributed by atoms with Crippen molar-refractivity contribution in [2.75, 3.05) is 20.5 Å². The number of amides is 1. The molecule has 1 aromatic rings. The molecule has 0 atom stereocenters. The third-order valence-electron chi connectivity index (χ3n) is 2.21. The summed E-state index contributed by atoms with van der Waals surface area (Å²) in [5.74, 6) is 0.814. The number of hydrogen-bond donors (Lipinski definition) is 1. The lowest BCUT2D eigenvalue weighted by atomic mass is 10.1. The molecule has 0 radical (unpaired) electrons. The van der Waals surface area contributed by atoms with E-state index < -0.39 is 6.09 Å². The van der Waals surface area contributed by atoms with Crippen molar-refractivity contribution in [1.82, 2.24) is 5.43 Å². The Morgan fingerprint density at radius 3 is 2.50 bits per heavy atom. The van der Waals surface area contributed by atoms with Gasteiger partial charge in [-0.3, -0.25) is 0 Å². The molecule has 1 N–H and O–H groups in total. The number of carbonyl (C=O) groups is 1. The van der Waals surface area contributed by atoms with Gasteiger partial charge in [-0.25, -0.2) is 10.2 Å². The molecule has 1 amide bonds. The van der Waals surface area contributed by atoms with E-state index in [9.17, 15) is 4.79 Å². The maximum atomic E-state index is 10.9. The maximum Gasteiger partial charge on any atom is 0.427 e. The Labute approximate surface area is 111 Å². The molecule has 0 saturated carbocycles. The van der Waals surface area contributed by atoms with Crippen molar-refractivity contribution in [1.29, 1.82) is 0 Å². The summed E-state index contributed by atoms with van der Waals surface area (Å²) in [5, 5.41) is 4.77. The van der Waals surface area contributed by atoms with Crippen molar-refractivity contribution in [3.05, 3.63) is 29.8 Å². The normalized spacial score (nSPS) is 10.9. The number of nitrogens with one attached hydrogen (secondary N) is 1. The molecular formula is C12H16N2O3S. The Morgan fingerprint density at radius 2 is 2.00 bits per heavy atom. The van der Waals surface area contributed by atoms with E-state index >= 15 is 0 Å². The molecule has 0 aliphatic heterocycles. The average Bonchev–Trinajstić information content (AvgIpc) is 2.43. The molecule has 0 aliphatic rings. The Balaban J connectivity index is 2.64. The zero-order valence-electron chi connectivity index (χ0n) is 10.6. The Morgan fingerprint density at radius 1 is 1.33 bits per heavy atom. The summed E-state index contributed by atoms with van der Waals surface area (Å²) in [6.07, 6.45) is 1.98. The fourth-order valence-electron chi connectivity index (χ4n) is 1.23. The van der Waals surface area contributed by atoms with E-state index in [-0.39, 0.29) is 0 Å². The minimum Gasteiger partial charge on any atom is -0.497 e. The van der Waals surface area contributed by atoms with Crippen molar-refractivity contribution >= 4 is 22.9 Å². The van der Waals surface area contributed by atoms with Crippen LogP contribution in [0.4, 0.5) is 4.79 Å². The first kappa shape index (κ1) is 14.4. The van der Waals surface area contributed by atoms with Crippen LogP contribution in [-0.2, 0) is 11.2 Å². The SMILES string of the molecule is COC(=O)N/N=C(/Cc1ccc(OC)cc1)SC. The largest absolute Gasteiger partial charge is 0.497 e. The van der Waals surface area contributed by atoms with Crippen molar-refractivity contribution in [3.63, 3.8) is 0 Å². The highest BCUT2D eigenvalue weighted by molar-refractivity contribution is 8.13. The first-order chi connectivity index (χ1) is 8.69. The van der Waals surface area contributed by atoms with Gasteiger partial charge in [0.05, 0.1) is 19.3 Å². The second-order valence-electron chi connectivity index (χ2n) is 3.34. The van der Waals surface area contributed by atoms with E-state index in [0.717, 1.165) is 16.4 Å². The van der Waals surface area contributed by atoms with E-state index in [1.807, 2.05) is 30.5 Å². The van der Waals surface area contributed by atoms with Gasteiger partial charge >= 0.3 is 6.09 Å². The highest BCUT2D eigenvalue weighted by Crippen LogP contribution is 2.14. The number of thioether (sulfide) groups is 1. The Hall–Kier alpha value is -1.69. The summed E-state index contributed by atoms with van der Waals surface area (Å²) in [6.45, 7) is 0. The highest BCUT2D eigenvalue weighted by atomic mass is 32.2. The van der Waals surface area contributed by atoms with Crippen LogP contribution in [0, 0.1) is 0 Å². The number of nitrogens with zero attached hydrogens (tertiary/aromatic N) is 1. The van der Waals surface area contributed by atoms with E-state index in [1.54, 1.807) is 7.11 Å². The van der Waals surface area contributed by atoms with Crippen LogP contribution in [0.1, 0.15) is 5.56 Å². The lowest BCUT2D eigenvalue weighted by molar-refractivity contribution is 0.171. The summed E-state index contributed by atoms with van der Waals surface area (Å²) >= 11 is 1.48. The van der Waals surface area contributed by atoms with E-state index in [1.165, 1.54) is 18.9 Å². The minimum atomic E-state index is -0.573. The standard InChI is InChI=1S/C12H16N2O3S/c1-16-10-6-4-9(5-7-10)8-11(18-3)13-14-12(15)17-2/h4-7H,8H2,1-3H3,(H,14,15)/b13-11-. The van der Waals surface area contributed by atoms with Gasteiger partial charge in [0.15, 0.2) is 0 Å². The zero-order valence-corrected chi connectivity index (χ0v) is 11.4. The van der Waals surface area contributed by atoms with Crippen molar-refractivity contribution in [3.8, 4) is 5.75 Å². The molecule has 0 heterocycles. The van der Waals surface area contributed by atoms with Crippen LogP contribution < -0.4 is 10.2 Å². The first-order valence-electron chi connectivity index (χ1n) is 5.27. The predicted molar refractivity (Wildman–Crippen MR) is 73.2 cm³/mol. The fourth-order valence-corrected chi connectivity index (χ4v) is 1.68. The van der Waals surface area contributed by atoms with Gasteiger partial charge < -0.3 is 9.47 Å². The molecule has 0 unspecified atom stereocenters. The predicted octanol–water partition coefficient (Wildman–Crippen LogP) is 2.27. The third kappa shape index (κ3) is 4.67. The molecule has 1 rings (SSSR count). The van der Waals surface area contributed by atoms with Crippen LogP contribution in [0.2, 0.25) is 0 Å². The highest BCUT2D eigenvalue weighted by Gasteiger charge is 2.03. The molecular weight excluding hydrogens is 252 g/mol. The molecule has 98 valence electrons. The quantitative estimate of drug-likeness (QED) is 0.517. The van der Waals surface area contributed by atoms with E-state index in [0.29, 0.717) is 6.42 Å². The Kier molecular flexibility index (Phi) is 6.07. The zero-order chi connectivity index (χ0) is 13.4. The molecule has 0 aromatic heterocycles. The van der Waals surface area contributed by atoms with Gasteiger partial charge in [0.1, 0.15) is 5.75 Å². The van der Waals surface area contributed by atoms with Gasteiger partial charge in [-0.1, -0.05) is 12.1 Å². The number of hydrazone groups is 1. The third-order valence-corrected chi connectivity index (χ3v) is 2.91. The number of hydrogen-bond acceptors (Lipinski definition) is 5. The number of carbonyl (C=O) groups excluding carboxylic acids is 1. The number of methoxy groups -OCH3 is 2. The van der Waals surface area contributed by atoms with Gasteiger partial charge in [-0.15, -0.1) is 11.8 Å². The van der Waals surface area contributed by atoms with Crippen LogP contribution in [0.3, 0.4) is 0 Å². The van der Waals surface area contributed by atoms with Gasteiger partial charge in [0.2, 0.25) is 0 Å². The molecule has 0 spiro atoms. The minimum absolute atomic E-state index is 0.573. The van der Waals surface area contributed by atoms with Gasteiger partial charge in [0.25, 0.3) is 0 Å². The van der Waals surface area contributed by atoms with Crippen LogP contribution in [-0.4, -0.2) is 31.6 Å². The second kappa shape index (κ2) is 7.60. The average molecular weight is 268 g/mol. The molecule has 1 aromatic carbocycles. The summed E-state index contributed by atoms with van der Waals surface area (Å²) in [4.78, 5) is 10.9. The van der Waals surface area contributed by atoms with Crippen molar-refractivity contribution in [2.45, 2.75) is 6.42 Å². The van der Waals surface area contributed by atoms with Crippen LogP contribution >= 0.6 is 11.8 Å². The fraction of sp³-hybridized carbons (Fsp3) is 0.333. The smallest absolute Gasteiger partial charge is 0.427 e. The number of benzene rings is 1. The van der Waals surface area contributed by atoms with Crippen LogP contribution in [0.15, 0.2) is 29.4 Å². The summed E-state index contributed by atoms with van der Waals surface area (Å²) in [5.41, 5.74) is 3.40. The first-order valence-corrected chi connectivity index (χ1v) is 6.49. The van der Waals surface area contributed by atoms with Gasteiger partial charge in [-0.2, -0.15) is 5.10 Å². The molecule has 6 heteroatoms. The molecule has 18 heavy (non-hydrogen) atoms. The monoisotopic (exact) mass is 268 g/mol. The second-order valence-corrected chi connectivity index (χ2v) is 4.22. The maximum absolute atomic E-state index is 10.9. The van der Waals surface area contributed by atoms with Gasteiger partial charge in [0, 0.05) is 6.42 Å². The molecule has 5 nitrogen and oxygen atoms in total. The van der Waals surface area contributed by atoms with E-state index in [4.69, 9.17) is 4.74 Å². The lowest BCUT2D eigenvalue weighted by Gasteiger charge is -2.05. The summed E-state index contributed by atoms with van der Waals surface area (Å²) < 4.78 is 9.53. The van der Waals surface area contributed by atoms with Crippen LogP contribution in [0.5, 0.6) is 5.75 Å². The number of ether oxygens (including phenoxy) is 2.